The Labute approximate surface area is 164 Å². The Morgan fingerprint density at radius 1 is 1.37 bits per heavy atom. The zero-order valence-electron chi connectivity index (χ0n) is 14.9. The summed E-state index contributed by atoms with van der Waals surface area (Å²) in [6.45, 7) is 3.82. The molecule has 0 bridgehead atoms. The van der Waals surface area contributed by atoms with Crippen molar-refractivity contribution in [3.05, 3.63) is 22.8 Å². The molecule has 0 unspecified atom stereocenters. The molecule has 0 aliphatic heterocycles. The number of thioether (sulfide) groups is 1. The Morgan fingerprint density at radius 2 is 2.07 bits per heavy atom. The molecule has 3 atom stereocenters. The number of aromatic nitrogens is 3. The molecule has 0 saturated heterocycles. The van der Waals surface area contributed by atoms with Gasteiger partial charge in [-0.05, 0) is 31.7 Å². The lowest BCUT2D eigenvalue weighted by Crippen LogP contribution is -2.44. The summed E-state index contributed by atoms with van der Waals surface area (Å²) >= 11 is 6.97. The van der Waals surface area contributed by atoms with Gasteiger partial charge in [0.15, 0.2) is 10.8 Å². The highest BCUT2D eigenvalue weighted by Gasteiger charge is 2.33. The van der Waals surface area contributed by atoms with Gasteiger partial charge in [0.25, 0.3) is 0 Å². The van der Waals surface area contributed by atoms with Crippen LogP contribution in [0.2, 0.25) is 5.02 Å². The van der Waals surface area contributed by atoms with E-state index in [1.54, 1.807) is 6.92 Å². The lowest BCUT2D eigenvalue weighted by Gasteiger charge is -2.30. The summed E-state index contributed by atoms with van der Waals surface area (Å²) in [5.41, 5.74) is -0.768. The van der Waals surface area contributed by atoms with Crippen molar-refractivity contribution in [3.8, 4) is 0 Å². The average molecular weight is 421 g/mol. The standard InChI is InChI=1S/C17H20ClF3N4OS/c1-9-5-3-4-6-13(9)22-15(26)10(2)27-16-24-23-14-12(18)7-11(8-25(14)16)17(19,20)21/h7-10,13H,3-6H2,1-2H3,(H,22,26)/t9-,10+,13-/m1/s1. The third-order valence-corrected chi connectivity index (χ3v) is 6.18. The van der Waals surface area contributed by atoms with E-state index in [9.17, 15) is 18.0 Å². The van der Waals surface area contributed by atoms with Gasteiger partial charge in [-0.3, -0.25) is 9.20 Å². The summed E-state index contributed by atoms with van der Waals surface area (Å²) in [5.74, 6) is 0.260. The maximum Gasteiger partial charge on any atom is 0.417 e. The minimum atomic E-state index is -4.54. The van der Waals surface area contributed by atoms with E-state index in [-0.39, 0.29) is 27.8 Å². The van der Waals surface area contributed by atoms with Crippen LogP contribution in [-0.2, 0) is 11.0 Å². The van der Waals surface area contributed by atoms with Crippen LogP contribution in [0, 0.1) is 5.92 Å². The van der Waals surface area contributed by atoms with Crippen LogP contribution >= 0.6 is 23.4 Å². The predicted molar refractivity (Wildman–Crippen MR) is 97.9 cm³/mol. The molecular formula is C17H20ClF3N4OS. The molecule has 1 N–H and O–H groups in total. The van der Waals surface area contributed by atoms with Gasteiger partial charge < -0.3 is 5.32 Å². The van der Waals surface area contributed by atoms with Crippen molar-refractivity contribution in [3.63, 3.8) is 0 Å². The first-order valence-corrected chi connectivity index (χ1v) is 10.0. The highest BCUT2D eigenvalue weighted by molar-refractivity contribution is 8.00. The smallest absolute Gasteiger partial charge is 0.352 e. The number of pyridine rings is 1. The molecule has 2 aromatic heterocycles. The van der Waals surface area contributed by atoms with Gasteiger partial charge in [-0.25, -0.2) is 0 Å². The molecule has 2 heterocycles. The summed E-state index contributed by atoms with van der Waals surface area (Å²) in [7, 11) is 0. The normalized spacial score (nSPS) is 22.0. The van der Waals surface area contributed by atoms with E-state index >= 15 is 0 Å². The van der Waals surface area contributed by atoms with Crippen molar-refractivity contribution in [2.75, 3.05) is 0 Å². The van der Waals surface area contributed by atoms with E-state index in [1.807, 2.05) is 0 Å². The van der Waals surface area contributed by atoms with E-state index in [0.29, 0.717) is 5.92 Å². The average Bonchev–Trinajstić information content (AvgIpc) is 2.99. The number of carbonyl (C=O) groups excluding carboxylic acids is 1. The minimum Gasteiger partial charge on any atom is -0.352 e. The van der Waals surface area contributed by atoms with Gasteiger partial charge in [-0.1, -0.05) is 43.1 Å². The number of alkyl halides is 3. The van der Waals surface area contributed by atoms with Gasteiger partial charge in [0.05, 0.1) is 15.8 Å². The molecule has 0 aromatic carbocycles. The molecule has 1 saturated carbocycles. The van der Waals surface area contributed by atoms with Crippen LogP contribution < -0.4 is 5.32 Å². The van der Waals surface area contributed by atoms with E-state index in [0.717, 1.165) is 43.3 Å². The van der Waals surface area contributed by atoms with Crippen LogP contribution in [0.1, 0.15) is 45.1 Å². The maximum atomic E-state index is 13.0. The first kappa shape index (κ1) is 20.3. The molecule has 2 aromatic rings. The van der Waals surface area contributed by atoms with Gasteiger partial charge in [0, 0.05) is 12.2 Å². The highest BCUT2D eigenvalue weighted by atomic mass is 35.5. The third kappa shape index (κ3) is 4.51. The van der Waals surface area contributed by atoms with Crippen LogP contribution in [0.3, 0.4) is 0 Å². The molecule has 0 spiro atoms. The number of rotatable bonds is 4. The number of nitrogens with one attached hydrogen (secondary N) is 1. The zero-order valence-corrected chi connectivity index (χ0v) is 16.5. The molecule has 27 heavy (non-hydrogen) atoms. The number of nitrogens with zero attached hydrogens (tertiary/aromatic N) is 3. The SMILES string of the molecule is C[C@H](Sc1nnc2c(Cl)cc(C(F)(F)F)cn12)C(=O)N[C@@H]1CCCC[C@H]1C. The van der Waals surface area contributed by atoms with Crippen molar-refractivity contribution in [1.29, 1.82) is 0 Å². The molecule has 1 aliphatic carbocycles. The lowest BCUT2D eigenvalue weighted by molar-refractivity contribution is -0.137. The summed E-state index contributed by atoms with van der Waals surface area (Å²) in [5, 5.41) is 10.3. The van der Waals surface area contributed by atoms with E-state index in [4.69, 9.17) is 11.6 Å². The molecule has 0 radical (unpaired) electrons. The Balaban J connectivity index is 1.77. The number of carbonyl (C=O) groups is 1. The fourth-order valence-electron chi connectivity index (χ4n) is 3.21. The lowest BCUT2D eigenvalue weighted by atomic mass is 9.86. The predicted octanol–water partition coefficient (Wildman–Crippen LogP) is 4.58. The highest BCUT2D eigenvalue weighted by Crippen LogP contribution is 2.34. The van der Waals surface area contributed by atoms with Gasteiger partial charge in [-0.2, -0.15) is 13.2 Å². The molecule has 1 aliphatic rings. The molecule has 5 nitrogen and oxygen atoms in total. The second-order valence-electron chi connectivity index (χ2n) is 6.89. The van der Waals surface area contributed by atoms with Crippen molar-refractivity contribution in [2.45, 2.75) is 62.2 Å². The maximum absolute atomic E-state index is 13.0. The van der Waals surface area contributed by atoms with Crippen molar-refractivity contribution in [2.24, 2.45) is 5.92 Å². The van der Waals surface area contributed by atoms with E-state index in [2.05, 4.69) is 22.4 Å². The second-order valence-corrected chi connectivity index (χ2v) is 8.60. The number of fused-ring (bicyclic) bond motifs is 1. The van der Waals surface area contributed by atoms with E-state index < -0.39 is 17.0 Å². The van der Waals surface area contributed by atoms with Crippen molar-refractivity contribution >= 4 is 34.9 Å². The van der Waals surface area contributed by atoms with Crippen LogP contribution in [0.4, 0.5) is 13.2 Å². The van der Waals surface area contributed by atoms with Crippen molar-refractivity contribution in [1.82, 2.24) is 19.9 Å². The monoisotopic (exact) mass is 420 g/mol. The number of hydrogen-bond acceptors (Lipinski definition) is 4. The Kier molecular flexibility index (Phi) is 5.90. The van der Waals surface area contributed by atoms with Crippen LogP contribution in [0.25, 0.3) is 5.65 Å². The largest absolute Gasteiger partial charge is 0.417 e. The topological polar surface area (TPSA) is 59.3 Å². The number of halogens is 4. The van der Waals surface area contributed by atoms with Crippen LogP contribution in [0.5, 0.6) is 0 Å². The fraction of sp³-hybridized carbons (Fsp3) is 0.588. The molecule has 148 valence electrons. The van der Waals surface area contributed by atoms with Gasteiger partial charge in [-0.15, -0.1) is 10.2 Å². The van der Waals surface area contributed by atoms with E-state index in [1.165, 1.54) is 10.8 Å². The summed E-state index contributed by atoms with van der Waals surface area (Å²) < 4.78 is 40.3. The summed E-state index contributed by atoms with van der Waals surface area (Å²) in [6.07, 6.45) is 0.653. The minimum absolute atomic E-state index is 0.126. The first-order chi connectivity index (χ1) is 12.7. The summed E-state index contributed by atoms with van der Waals surface area (Å²) in [4.78, 5) is 12.5. The first-order valence-electron chi connectivity index (χ1n) is 8.75. The Morgan fingerprint density at radius 3 is 2.74 bits per heavy atom. The van der Waals surface area contributed by atoms with Crippen LogP contribution in [-0.4, -0.2) is 31.8 Å². The van der Waals surface area contributed by atoms with Gasteiger partial charge >= 0.3 is 6.18 Å². The van der Waals surface area contributed by atoms with Gasteiger partial charge in [0.2, 0.25) is 5.91 Å². The molecule has 1 fully saturated rings. The molecule has 10 heteroatoms. The quantitative estimate of drug-likeness (QED) is 0.736. The second kappa shape index (κ2) is 7.87. The Hall–Kier alpha value is -1.48. The summed E-state index contributed by atoms with van der Waals surface area (Å²) in [6, 6.07) is 0.955. The van der Waals surface area contributed by atoms with Crippen LogP contribution in [0.15, 0.2) is 17.4 Å². The fourth-order valence-corrected chi connectivity index (χ4v) is 4.29. The van der Waals surface area contributed by atoms with Crippen molar-refractivity contribution < 1.29 is 18.0 Å². The third-order valence-electron chi connectivity index (χ3n) is 4.85. The zero-order chi connectivity index (χ0) is 19.8. The number of hydrogen-bond donors (Lipinski definition) is 1. The number of amides is 1. The molecular weight excluding hydrogens is 401 g/mol. The molecule has 3 rings (SSSR count). The molecule has 1 amide bonds. The Bertz CT molecular complexity index is 841. The van der Waals surface area contributed by atoms with Gasteiger partial charge in [0.1, 0.15) is 0 Å².